The van der Waals surface area contributed by atoms with Crippen LogP contribution in [0.15, 0.2) is 57.7 Å². The van der Waals surface area contributed by atoms with E-state index in [1.165, 1.54) is 0 Å². The Labute approximate surface area is 125 Å². The Hall–Kier alpha value is -2.39. The number of hydrogen-bond donors (Lipinski definition) is 0. The highest BCUT2D eigenvalue weighted by Crippen LogP contribution is 2.26. The largest absolute Gasteiger partial charge is 0.422 e. The molecule has 104 valence electrons. The van der Waals surface area contributed by atoms with Crippen molar-refractivity contribution in [2.45, 2.75) is 6.92 Å². The van der Waals surface area contributed by atoms with Crippen molar-refractivity contribution in [3.63, 3.8) is 0 Å². The molecular weight excluding hydrogens is 288 g/mol. The van der Waals surface area contributed by atoms with E-state index >= 15 is 0 Å². The first-order valence-corrected chi connectivity index (χ1v) is 6.78. The number of halogens is 1. The van der Waals surface area contributed by atoms with Gasteiger partial charge in [-0.15, -0.1) is 0 Å². The number of benzene rings is 2. The predicted octanol–water partition coefficient (Wildman–Crippen LogP) is 4.15. The van der Waals surface area contributed by atoms with Crippen LogP contribution in [-0.2, 0) is 0 Å². The van der Waals surface area contributed by atoms with Crippen LogP contribution < -0.4 is 5.63 Å². The third-order valence-corrected chi connectivity index (χ3v) is 3.68. The summed E-state index contributed by atoms with van der Waals surface area (Å²) in [5.41, 5.74) is 2.23. The molecule has 4 heteroatoms. The van der Waals surface area contributed by atoms with E-state index < -0.39 is 10.9 Å². The van der Waals surface area contributed by atoms with Crippen molar-refractivity contribution in [3.8, 4) is 11.1 Å². The molecule has 1 heterocycles. The van der Waals surface area contributed by atoms with E-state index in [1.54, 1.807) is 37.3 Å². The summed E-state index contributed by atoms with van der Waals surface area (Å²) in [5, 5.41) is 0.286. The van der Waals surface area contributed by atoms with Crippen LogP contribution in [-0.4, -0.2) is 5.24 Å². The van der Waals surface area contributed by atoms with Crippen molar-refractivity contribution >= 4 is 27.8 Å². The summed E-state index contributed by atoms with van der Waals surface area (Å²) >= 11 is 5.56. The summed E-state index contributed by atoms with van der Waals surface area (Å²) in [4.78, 5) is 23.6. The van der Waals surface area contributed by atoms with Crippen molar-refractivity contribution in [3.05, 3.63) is 70.1 Å². The molecule has 1 aromatic heterocycles. The lowest BCUT2D eigenvalue weighted by atomic mass is 9.97. The molecule has 0 saturated heterocycles. The number of fused-ring (bicyclic) bond motifs is 1. The molecule has 0 unspecified atom stereocenters. The summed E-state index contributed by atoms with van der Waals surface area (Å²) in [6.45, 7) is 1.76. The lowest BCUT2D eigenvalue weighted by Gasteiger charge is -2.08. The molecule has 0 atom stereocenters. The Kier molecular flexibility index (Phi) is 3.35. The fourth-order valence-electron chi connectivity index (χ4n) is 2.39. The van der Waals surface area contributed by atoms with E-state index in [0.717, 1.165) is 5.39 Å². The summed E-state index contributed by atoms with van der Waals surface area (Å²) < 4.78 is 5.33. The van der Waals surface area contributed by atoms with E-state index in [4.69, 9.17) is 16.0 Å². The molecule has 21 heavy (non-hydrogen) atoms. The van der Waals surface area contributed by atoms with E-state index in [9.17, 15) is 9.59 Å². The number of para-hydroxylation sites is 1. The summed E-state index contributed by atoms with van der Waals surface area (Å²) in [7, 11) is 0. The van der Waals surface area contributed by atoms with Gasteiger partial charge in [-0.3, -0.25) is 4.79 Å². The van der Waals surface area contributed by atoms with E-state index in [-0.39, 0.29) is 0 Å². The molecule has 0 amide bonds. The van der Waals surface area contributed by atoms with Gasteiger partial charge in [0.15, 0.2) is 0 Å². The standard InChI is InChI=1S/C17H11ClO3/c1-10-12(6-4-7-13(10)16(18)19)14-9-11-5-2-3-8-15(11)21-17(14)20/h2-9H,1H3. The predicted molar refractivity (Wildman–Crippen MR) is 82.8 cm³/mol. The monoisotopic (exact) mass is 298 g/mol. The molecule has 0 aliphatic rings. The second-order valence-corrected chi connectivity index (χ2v) is 5.08. The molecule has 3 aromatic rings. The maximum atomic E-state index is 12.2. The van der Waals surface area contributed by atoms with Gasteiger partial charge in [0, 0.05) is 10.9 Å². The van der Waals surface area contributed by atoms with Crippen molar-refractivity contribution in [2.24, 2.45) is 0 Å². The topological polar surface area (TPSA) is 47.3 Å². The van der Waals surface area contributed by atoms with Gasteiger partial charge in [-0.05, 0) is 47.9 Å². The van der Waals surface area contributed by atoms with E-state index in [1.807, 2.05) is 18.2 Å². The molecule has 0 aliphatic carbocycles. The van der Waals surface area contributed by atoms with Crippen LogP contribution >= 0.6 is 11.6 Å². The Bertz CT molecular complexity index is 909. The number of rotatable bonds is 2. The van der Waals surface area contributed by atoms with Gasteiger partial charge in [-0.25, -0.2) is 4.79 Å². The molecule has 3 rings (SSSR count). The molecular formula is C17H11ClO3. The average molecular weight is 299 g/mol. The van der Waals surface area contributed by atoms with Crippen LogP contribution in [0.2, 0.25) is 0 Å². The first-order valence-electron chi connectivity index (χ1n) is 6.40. The van der Waals surface area contributed by atoms with Crippen LogP contribution in [0.4, 0.5) is 0 Å². The van der Waals surface area contributed by atoms with Crippen LogP contribution in [0.1, 0.15) is 15.9 Å². The van der Waals surface area contributed by atoms with Crippen LogP contribution in [0.3, 0.4) is 0 Å². The lowest BCUT2D eigenvalue weighted by Crippen LogP contribution is -2.05. The highest BCUT2D eigenvalue weighted by molar-refractivity contribution is 6.68. The van der Waals surface area contributed by atoms with Crippen molar-refractivity contribution in [1.82, 2.24) is 0 Å². The molecule has 3 nitrogen and oxygen atoms in total. The third kappa shape index (κ3) is 2.36. The second kappa shape index (κ2) is 5.19. The van der Waals surface area contributed by atoms with Crippen LogP contribution in [0.25, 0.3) is 22.1 Å². The minimum Gasteiger partial charge on any atom is -0.422 e. The number of hydrogen-bond acceptors (Lipinski definition) is 3. The quantitative estimate of drug-likeness (QED) is 0.527. The first-order chi connectivity index (χ1) is 10.1. The molecule has 0 N–H and O–H groups in total. The molecule has 0 spiro atoms. The molecule has 0 aliphatic heterocycles. The molecule has 0 radical (unpaired) electrons. The minimum atomic E-state index is -0.542. The van der Waals surface area contributed by atoms with Crippen LogP contribution in [0.5, 0.6) is 0 Å². The molecule has 2 aromatic carbocycles. The summed E-state index contributed by atoms with van der Waals surface area (Å²) in [5.74, 6) is 0. The maximum absolute atomic E-state index is 12.2. The molecule has 0 saturated carbocycles. The summed E-state index contributed by atoms with van der Waals surface area (Å²) in [6.07, 6.45) is 0. The maximum Gasteiger partial charge on any atom is 0.344 e. The van der Waals surface area contributed by atoms with Gasteiger partial charge < -0.3 is 4.42 Å². The fraction of sp³-hybridized carbons (Fsp3) is 0.0588. The van der Waals surface area contributed by atoms with Crippen molar-refractivity contribution in [1.29, 1.82) is 0 Å². The zero-order valence-corrected chi connectivity index (χ0v) is 12.0. The zero-order valence-electron chi connectivity index (χ0n) is 11.2. The van der Waals surface area contributed by atoms with E-state index in [2.05, 4.69) is 0 Å². The van der Waals surface area contributed by atoms with Crippen molar-refractivity contribution in [2.75, 3.05) is 0 Å². The smallest absolute Gasteiger partial charge is 0.344 e. The van der Waals surface area contributed by atoms with Gasteiger partial charge in [0.1, 0.15) is 5.58 Å². The average Bonchev–Trinajstić information content (AvgIpc) is 2.47. The van der Waals surface area contributed by atoms with Gasteiger partial charge in [0.2, 0.25) is 0 Å². The zero-order chi connectivity index (χ0) is 15.0. The van der Waals surface area contributed by atoms with E-state index in [0.29, 0.717) is 27.8 Å². The fourth-order valence-corrected chi connectivity index (χ4v) is 2.59. The third-order valence-electron chi connectivity index (χ3n) is 3.48. The molecule has 0 bridgehead atoms. The van der Waals surface area contributed by atoms with Gasteiger partial charge in [0.25, 0.3) is 5.24 Å². The number of carbonyl (C=O) groups is 1. The van der Waals surface area contributed by atoms with Gasteiger partial charge >= 0.3 is 5.63 Å². The van der Waals surface area contributed by atoms with Crippen LogP contribution in [0, 0.1) is 6.92 Å². The first kappa shape index (κ1) is 13.6. The SMILES string of the molecule is Cc1c(C(=O)Cl)cccc1-c1cc2ccccc2oc1=O. The van der Waals surface area contributed by atoms with Crippen molar-refractivity contribution < 1.29 is 9.21 Å². The van der Waals surface area contributed by atoms with Gasteiger partial charge in [-0.1, -0.05) is 30.3 Å². The Morgan fingerprint density at radius 1 is 1.05 bits per heavy atom. The lowest BCUT2D eigenvalue weighted by molar-refractivity contribution is 0.108. The normalized spacial score (nSPS) is 10.8. The number of carbonyl (C=O) groups excluding carboxylic acids is 1. The second-order valence-electron chi connectivity index (χ2n) is 4.74. The Balaban J connectivity index is 2.30. The summed E-state index contributed by atoms with van der Waals surface area (Å²) in [6, 6.07) is 14.2. The Morgan fingerprint density at radius 3 is 2.57 bits per heavy atom. The minimum absolute atomic E-state index is 0.390. The molecule has 0 fully saturated rings. The van der Waals surface area contributed by atoms with Gasteiger partial charge in [0.05, 0.1) is 5.56 Å². The highest BCUT2D eigenvalue weighted by atomic mass is 35.5. The van der Waals surface area contributed by atoms with Gasteiger partial charge in [-0.2, -0.15) is 0 Å². The highest BCUT2D eigenvalue weighted by Gasteiger charge is 2.14. The Morgan fingerprint density at radius 2 is 1.81 bits per heavy atom.